The van der Waals surface area contributed by atoms with Crippen LogP contribution in [0.3, 0.4) is 0 Å². The maximum absolute atomic E-state index is 5.89. The summed E-state index contributed by atoms with van der Waals surface area (Å²) in [6, 6.07) is 14.6. The van der Waals surface area contributed by atoms with Crippen LogP contribution < -0.4 is 5.32 Å². The van der Waals surface area contributed by atoms with E-state index < -0.39 is 0 Å². The maximum Gasteiger partial charge on any atom is 0.131 e. The van der Waals surface area contributed by atoms with Crippen LogP contribution in [0.25, 0.3) is 0 Å². The van der Waals surface area contributed by atoms with Crippen molar-refractivity contribution in [2.45, 2.75) is 33.2 Å². The molecule has 0 aliphatic heterocycles. The normalized spacial score (nSPS) is 12.4. The number of aromatic nitrogens is 1. The summed E-state index contributed by atoms with van der Waals surface area (Å²) in [5.41, 5.74) is 2.64. The third-order valence-corrected chi connectivity index (χ3v) is 3.41. The highest BCUT2D eigenvalue weighted by Crippen LogP contribution is 2.20. The van der Waals surface area contributed by atoms with E-state index in [2.05, 4.69) is 55.3 Å². The van der Waals surface area contributed by atoms with Crippen molar-refractivity contribution in [2.75, 3.05) is 5.32 Å². The number of hydrogen-bond acceptors (Lipinski definition) is 2. The van der Waals surface area contributed by atoms with Crippen LogP contribution >= 0.6 is 11.6 Å². The lowest BCUT2D eigenvalue weighted by Gasteiger charge is -2.16. The lowest BCUT2D eigenvalue weighted by atomic mass is 10.00. The van der Waals surface area contributed by atoms with E-state index in [1.54, 1.807) is 6.07 Å². The van der Waals surface area contributed by atoms with Crippen molar-refractivity contribution in [1.82, 2.24) is 4.98 Å². The largest absolute Gasteiger partial charge is 0.364 e. The molecule has 0 fully saturated rings. The first-order chi connectivity index (χ1) is 9.54. The van der Waals surface area contributed by atoms with E-state index in [1.165, 1.54) is 11.1 Å². The molecule has 1 aromatic heterocycles. The Morgan fingerprint density at radius 1 is 1.05 bits per heavy atom. The summed E-state index contributed by atoms with van der Waals surface area (Å²) in [7, 11) is 0. The molecule has 1 atom stereocenters. The predicted molar refractivity (Wildman–Crippen MR) is 86.3 cm³/mol. The Labute approximate surface area is 126 Å². The topological polar surface area (TPSA) is 24.9 Å². The fourth-order valence-corrected chi connectivity index (χ4v) is 2.37. The van der Waals surface area contributed by atoms with Gasteiger partial charge in [0.15, 0.2) is 0 Å². The van der Waals surface area contributed by atoms with Gasteiger partial charge in [-0.3, -0.25) is 0 Å². The minimum atomic E-state index is 0.203. The number of halogens is 1. The van der Waals surface area contributed by atoms with Crippen LogP contribution in [0.2, 0.25) is 5.15 Å². The Bertz CT molecular complexity index is 549. The van der Waals surface area contributed by atoms with Crippen LogP contribution in [0.5, 0.6) is 0 Å². The molecule has 1 aromatic carbocycles. The Morgan fingerprint density at radius 2 is 1.75 bits per heavy atom. The third kappa shape index (κ3) is 4.24. The molecule has 0 radical (unpaired) electrons. The fraction of sp³-hybridized carbons (Fsp3) is 0.353. The summed E-state index contributed by atoms with van der Waals surface area (Å²) < 4.78 is 0. The standard InChI is InChI=1S/C17H21ClN2/c1-12(2)11-14-7-9-15(10-8-14)13(3)19-17-6-4-5-16(18)20-17/h4-10,12-13H,11H2,1-3H3,(H,19,20). The average Bonchev–Trinajstić information content (AvgIpc) is 2.38. The first-order valence-electron chi connectivity index (χ1n) is 7.02. The van der Waals surface area contributed by atoms with Crippen LogP contribution in [0, 0.1) is 5.92 Å². The molecule has 0 bridgehead atoms. The lowest BCUT2D eigenvalue weighted by Crippen LogP contribution is -2.08. The third-order valence-electron chi connectivity index (χ3n) is 3.20. The van der Waals surface area contributed by atoms with Gasteiger partial charge in [-0.05, 0) is 42.5 Å². The fourth-order valence-electron chi connectivity index (χ4n) is 2.21. The van der Waals surface area contributed by atoms with Gasteiger partial charge in [-0.25, -0.2) is 4.98 Å². The van der Waals surface area contributed by atoms with Gasteiger partial charge < -0.3 is 5.32 Å². The second-order valence-corrected chi connectivity index (χ2v) is 5.94. The molecule has 1 N–H and O–H groups in total. The first kappa shape index (κ1) is 14.9. The number of anilines is 1. The molecule has 106 valence electrons. The molecule has 2 nitrogen and oxygen atoms in total. The number of benzene rings is 1. The number of nitrogens with zero attached hydrogens (tertiary/aromatic N) is 1. The zero-order chi connectivity index (χ0) is 14.5. The van der Waals surface area contributed by atoms with Crippen molar-refractivity contribution in [3.8, 4) is 0 Å². The predicted octanol–water partition coefficient (Wildman–Crippen LogP) is 5.11. The average molecular weight is 289 g/mol. The van der Waals surface area contributed by atoms with E-state index in [0.717, 1.165) is 12.2 Å². The molecule has 0 saturated carbocycles. The molecule has 0 amide bonds. The molecule has 1 unspecified atom stereocenters. The highest BCUT2D eigenvalue weighted by Gasteiger charge is 2.06. The monoisotopic (exact) mass is 288 g/mol. The van der Waals surface area contributed by atoms with Gasteiger partial charge in [-0.1, -0.05) is 55.8 Å². The van der Waals surface area contributed by atoms with Crippen LogP contribution in [-0.2, 0) is 6.42 Å². The summed E-state index contributed by atoms with van der Waals surface area (Å²) in [5.74, 6) is 1.49. The molecule has 0 aliphatic carbocycles. The molecule has 2 aromatic rings. The second kappa shape index (κ2) is 6.76. The van der Waals surface area contributed by atoms with Crippen molar-refractivity contribution in [3.05, 3.63) is 58.7 Å². The summed E-state index contributed by atoms with van der Waals surface area (Å²) in [4.78, 5) is 4.25. The van der Waals surface area contributed by atoms with Gasteiger partial charge in [0.05, 0.1) is 0 Å². The molecule has 0 saturated heterocycles. The van der Waals surface area contributed by atoms with Crippen LogP contribution in [-0.4, -0.2) is 4.98 Å². The van der Waals surface area contributed by atoms with Gasteiger partial charge in [0.25, 0.3) is 0 Å². The Morgan fingerprint density at radius 3 is 2.35 bits per heavy atom. The molecule has 20 heavy (non-hydrogen) atoms. The minimum Gasteiger partial charge on any atom is -0.364 e. The molecule has 1 heterocycles. The van der Waals surface area contributed by atoms with Crippen LogP contribution in [0.1, 0.15) is 37.9 Å². The lowest BCUT2D eigenvalue weighted by molar-refractivity contribution is 0.647. The van der Waals surface area contributed by atoms with Gasteiger partial charge in [0, 0.05) is 6.04 Å². The van der Waals surface area contributed by atoms with E-state index in [0.29, 0.717) is 11.1 Å². The van der Waals surface area contributed by atoms with Crippen molar-refractivity contribution in [2.24, 2.45) is 5.92 Å². The summed E-state index contributed by atoms with van der Waals surface area (Å²) in [5, 5.41) is 3.87. The van der Waals surface area contributed by atoms with Gasteiger partial charge in [-0.2, -0.15) is 0 Å². The molecular formula is C17H21ClN2. The van der Waals surface area contributed by atoms with E-state index in [9.17, 15) is 0 Å². The highest BCUT2D eigenvalue weighted by molar-refractivity contribution is 6.29. The van der Waals surface area contributed by atoms with Crippen molar-refractivity contribution < 1.29 is 0 Å². The minimum absolute atomic E-state index is 0.203. The molecule has 3 heteroatoms. The van der Waals surface area contributed by atoms with Crippen molar-refractivity contribution in [3.63, 3.8) is 0 Å². The zero-order valence-corrected chi connectivity index (χ0v) is 13.0. The molecule has 0 spiro atoms. The second-order valence-electron chi connectivity index (χ2n) is 5.55. The van der Waals surface area contributed by atoms with Crippen LogP contribution in [0.4, 0.5) is 5.82 Å². The molecule has 0 aliphatic rings. The SMILES string of the molecule is CC(C)Cc1ccc(C(C)Nc2cccc(Cl)n2)cc1. The first-order valence-corrected chi connectivity index (χ1v) is 7.40. The van der Waals surface area contributed by atoms with E-state index in [4.69, 9.17) is 11.6 Å². The Balaban J connectivity index is 2.03. The van der Waals surface area contributed by atoms with Gasteiger partial charge in [-0.15, -0.1) is 0 Å². The summed E-state index contributed by atoms with van der Waals surface area (Å²) >= 11 is 5.89. The highest BCUT2D eigenvalue weighted by atomic mass is 35.5. The summed E-state index contributed by atoms with van der Waals surface area (Å²) in [6.45, 7) is 6.60. The van der Waals surface area contributed by atoms with Gasteiger partial charge in [0.1, 0.15) is 11.0 Å². The maximum atomic E-state index is 5.89. The van der Waals surface area contributed by atoms with Crippen molar-refractivity contribution in [1.29, 1.82) is 0 Å². The van der Waals surface area contributed by atoms with Gasteiger partial charge in [0.2, 0.25) is 0 Å². The molecule has 2 rings (SSSR count). The van der Waals surface area contributed by atoms with Crippen molar-refractivity contribution >= 4 is 17.4 Å². The van der Waals surface area contributed by atoms with E-state index in [1.807, 2.05) is 12.1 Å². The zero-order valence-electron chi connectivity index (χ0n) is 12.2. The smallest absolute Gasteiger partial charge is 0.131 e. The Hall–Kier alpha value is -1.54. The quantitative estimate of drug-likeness (QED) is 0.774. The van der Waals surface area contributed by atoms with Gasteiger partial charge >= 0.3 is 0 Å². The number of hydrogen-bond donors (Lipinski definition) is 1. The van der Waals surface area contributed by atoms with Crippen LogP contribution in [0.15, 0.2) is 42.5 Å². The Kier molecular flexibility index (Phi) is 5.02. The summed E-state index contributed by atoms with van der Waals surface area (Å²) in [6.07, 6.45) is 1.12. The van der Waals surface area contributed by atoms with E-state index >= 15 is 0 Å². The van der Waals surface area contributed by atoms with E-state index in [-0.39, 0.29) is 6.04 Å². The number of rotatable bonds is 5. The number of pyridine rings is 1. The molecular weight excluding hydrogens is 268 g/mol. The number of nitrogens with one attached hydrogen (secondary N) is 1.